The Morgan fingerprint density at radius 1 is 1.00 bits per heavy atom. The fraction of sp³-hybridized carbons (Fsp3) is 0.250. The Morgan fingerprint density at radius 3 is 2.26 bits per heavy atom. The van der Waals surface area contributed by atoms with Crippen LogP contribution in [0.2, 0.25) is 0 Å². The molecule has 2 aromatic carbocycles. The number of benzene rings is 2. The summed E-state index contributed by atoms with van der Waals surface area (Å²) in [4.78, 5) is 0. The van der Waals surface area contributed by atoms with Crippen molar-refractivity contribution in [1.82, 2.24) is 5.32 Å². The van der Waals surface area contributed by atoms with Crippen LogP contribution in [0.15, 0.2) is 54.6 Å². The first kappa shape index (κ1) is 13.7. The molecule has 2 nitrogen and oxygen atoms in total. The molecule has 0 saturated carbocycles. The van der Waals surface area contributed by atoms with Gasteiger partial charge in [0.15, 0.2) is 0 Å². The molecule has 0 radical (unpaired) electrons. The van der Waals surface area contributed by atoms with E-state index in [1.807, 2.05) is 37.3 Å². The van der Waals surface area contributed by atoms with Gasteiger partial charge < -0.3 is 10.4 Å². The second-order valence-electron chi connectivity index (χ2n) is 4.61. The number of halogens is 1. The predicted octanol–water partition coefficient (Wildman–Crippen LogP) is 3.21. The lowest BCUT2D eigenvalue weighted by Gasteiger charge is -2.17. The molecule has 2 rings (SSSR count). The van der Waals surface area contributed by atoms with Crippen LogP contribution in [0.5, 0.6) is 0 Å². The number of aliphatic hydroxyl groups excluding tert-OH is 1. The fourth-order valence-corrected chi connectivity index (χ4v) is 1.95. The van der Waals surface area contributed by atoms with E-state index in [-0.39, 0.29) is 11.9 Å². The van der Waals surface area contributed by atoms with Crippen LogP contribution in [0, 0.1) is 5.82 Å². The molecular weight excluding hydrogens is 241 g/mol. The second-order valence-corrected chi connectivity index (χ2v) is 4.61. The third-order valence-corrected chi connectivity index (χ3v) is 3.17. The molecule has 0 amide bonds. The lowest BCUT2D eigenvalue weighted by atomic mass is 10.1. The maximum atomic E-state index is 12.8. The summed E-state index contributed by atoms with van der Waals surface area (Å²) in [5.41, 5.74) is 1.89. The summed E-state index contributed by atoms with van der Waals surface area (Å²) in [6.07, 6.45) is -0.633. The average Bonchev–Trinajstić information content (AvgIpc) is 2.46. The standard InChI is InChI=1S/C16H18FNO/c1-12(13-5-3-2-4-6-13)18-11-16(19)14-7-9-15(17)10-8-14/h2-10,12,16,18-19H,11H2,1H3/t12-,16-/m0/s1. The van der Waals surface area contributed by atoms with Crippen molar-refractivity contribution in [3.8, 4) is 0 Å². The van der Waals surface area contributed by atoms with Crippen molar-refractivity contribution >= 4 is 0 Å². The van der Waals surface area contributed by atoms with Crippen LogP contribution in [-0.2, 0) is 0 Å². The van der Waals surface area contributed by atoms with Gasteiger partial charge in [0.25, 0.3) is 0 Å². The van der Waals surface area contributed by atoms with Gasteiger partial charge in [0, 0.05) is 12.6 Å². The highest BCUT2D eigenvalue weighted by Crippen LogP contribution is 2.15. The van der Waals surface area contributed by atoms with E-state index in [0.29, 0.717) is 12.1 Å². The van der Waals surface area contributed by atoms with E-state index in [9.17, 15) is 9.50 Å². The topological polar surface area (TPSA) is 32.3 Å². The molecule has 0 saturated heterocycles. The van der Waals surface area contributed by atoms with Crippen LogP contribution in [0.25, 0.3) is 0 Å². The minimum Gasteiger partial charge on any atom is -0.387 e. The SMILES string of the molecule is C[C@H](NC[C@H](O)c1ccc(F)cc1)c1ccccc1. The molecule has 2 atom stereocenters. The lowest BCUT2D eigenvalue weighted by Crippen LogP contribution is -2.24. The zero-order valence-corrected chi connectivity index (χ0v) is 10.9. The molecule has 0 aromatic heterocycles. The van der Waals surface area contributed by atoms with Gasteiger partial charge in [0.1, 0.15) is 5.82 Å². The minimum atomic E-state index is -0.633. The molecule has 0 aliphatic heterocycles. The average molecular weight is 259 g/mol. The van der Waals surface area contributed by atoms with Gasteiger partial charge >= 0.3 is 0 Å². The molecular formula is C16H18FNO. The number of hydrogen-bond acceptors (Lipinski definition) is 2. The Morgan fingerprint density at radius 2 is 1.63 bits per heavy atom. The zero-order chi connectivity index (χ0) is 13.7. The maximum Gasteiger partial charge on any atom is 0.123 e. The molecule has 0 aliphatic carbocycles. The number of nitrogens with one attached hydrogen (secondary N) is 1. The van der Waals surface area contributed by atoms with Crippen LogP contribution in [0.3, 0.4) is 0 Å². The monoisotopic (exact) mass is 259 g/mol. The third kappa shape index (κ3) is 3.88. The van der Waals surface area contributed by atoms with Gasteiger partial charge in [0.05, 0.1) is 6.10 Å². The van der Waals surface area contributed by atoms with E-state index >= 15 is 0 Å². The minimum absolute atomic E-state index is 0.163. The van der Waals surface area contributed by atoms with Crippen molar-refractivity contribution in [3.05, 3.63) is 71.5 Å². The van der Waals surface area contributed by atoms with Crippen molar-refractivity contribution in [2.24, 2.45) is 0 Å². The van der Waals surface area contributed by atoms with E-state index in [1.165, 1.54) is 17.7 Å². The highest BCUT2D eigenvalue weighted by atomic mass is 19.1. The molecule has 3 heteroatoms. The molecule has 0 heterocycles. The maximum absolute atomic E-state index is 12.8. The van der Waals surface area contributed by atoms with Crippen molar-refractivity contribution in [2.45, 2.75) is 19.1 Å². The Hall–Kier alpha value is -1.71. The summed E-state index contributed by atoms with van der Waals surface area (Å²) >= 11 is 0. The van der Waals surface area contributed by atoms with Crippen LogP contribution in [0.1, 0.15) is 30.2 Å². The first-order valence-corrected chi connectivity index (χ1v) is 6.38. The summed E-state index contributed by atoms with van der Waals surface area (Å²) in [6, 6.07) is 16.1. The molecule has 0 spiro atoms. The molecule has 19 heavy (non-hydrogen) atoms. The summed E-state index contributed by atoms with van der Waals surface area (Å²) in [7, 11) is 0. The van der Waals surface area contributed by atoms with Crippen molar-refractivity contribution in [1.29, 1.82) is 0 Å². The Bertz CT molecular complexity index is 498. The molecule has 0 unspecified atom stereocenters. The number of aliphatic hydroxyl groups is 1. The Kier molecular flexibility index (Phi) is 4.66. The number of rotatable bonds is 5. The molecule has 2 aromatic rings. The van der Waals surface area contributed by atoms with E-state index in [4.69, 9.17) is 0 Å². The van der Waals surface area contributed by atoms with Gasteiger partial charge in [-0.15, -0.1) is 0 Å². The van der Waals surface area contributed by atoms with E-state index in [1.54, 1.807) is 12.1 Å². The van der Waals surface area contributed by atoms with Crippen LogP contribution in [-0.4, -0.2) is 11.7 Å². The second kappa shape index (κ2) is 6.45. The molecule has 0 fully saturated rings. The first-order chi connectivity index (χ1) is 9.16. The van der Waals surface area contributed by atoms with Crippen molar-refractivity contribution in [3.63, 3.8) is 0 Å². The Balaban J connectivity index is 1.90. The van der Waals surface area contributed by atoms with Gasteiger partial charge in [0.2, 0.25) is 0 Å². The molecule has 2 N–H and O–H groups in total. The van der Waals surface area contributed by atoms with Crippen LogP contribution < -0.4 is 5.32 Å². The zero-order valence-electron chi connectivity index (χ0n) is 10.9. The highest BCUT2D eigenvalue weighted by molar-refractivity contribution is 5.20. The summed E-state index contributed by atoms with van der Waals surface area (Å²) in [6.45, 7) is 2.48. The Labute approximate surface area is 112 Å². The molecule has 100 valence electrons. The van der Waals surface area contributed by atoms with Gasteiger partial charge in [-0.1, -0.05) is 42.5 Å². The summed E-state index contributed by atoms with van der Waals surface area (Å²) < 4.78 is 12.8. The predicted molar refractivity (Wildman–Crippen MR) is 74.2 cm³/mol. The van der Waals surface area contributed by atoms with Crippen molar-refractivity contribution in [2.75, 3.05) is 6.54 Å². The summed E-state index contributed by atoms with van der Waals surface area (Å²) in [5, 5.41) is 13.3. The van der Waals surface area contributed by atoms with E-state index < -0.39 is 6.10 Å². The van der Waals surface area contributed by atoms with E-state index in [0.717, 1.165) is 0 Å². The van der Waals surface area contributed by atoms with Gasteiger partial charge in [-0.3, -0.25) is 0 Å². The largest absolute Gasteiger partial charge is 0.387 e. The fourth-order valence-electron chi connectivity index (χ4n) is 1.95. The van der Waals surface area contributed by atoms with Gasteiger partial charge in [-0.25, -0.2) is 4.39 Å². The van der Waals surface area contributed by atoms with Crippen molar-refractivity contribution < 1.29 is 9.50 Å². The highest BCUT2D eigenvalue weighted by Gasteiger charge is 2.10. The third-order valence-electron chi connectivity index (χ3n) is 3.17. The number of hydrogen-bond donors (Lipinski definition) is 2. The molecule has 0 aliphatic rings. The lowest BCUT2D eigenvalue weighted by molar-refractivity contribution is 0.170. The smallest absolute Gasteiger partial charge is 0.123 e. The van der Waals surface area contributed by atoms with E-state index in [2.05, 4.69) is 5.32 Å². The van der Waals surface area contributed by atoms with Gasteiger partial charge in [-0.05, 0) is 30.2 Å². The molecule has 0 bridgehead atoms. The van der Waals surface area contributed by atoms with Gasteiger partial charge in [-0.2, -0.15) is 0 Å². The normalized spacial score (nSPS) is 14.1. The quantitative estimate of drug-likeness (QED) is 0.864. The summed E-state index contributed by atoms with van der Waals surface area (Å²) in [5.74, 6) is -0.290. The van der Waals surface area contributed by atoms with Crippen LogP contribution >= 0.6 is 0 Å². The first-order valence-electron chi connectivity index (χ1n) is 6.38. The van der Waals surface area contributed by atoms with Crippen LogP contribution in [0.4, 0.5) is 4.39 Å².